The third kappa shape index (κ3) is 2.49. The van der Waals surface area contributed by atoms with Crippen LogP contribution in [0.3, 0.4) is 0 Å². The van der Waals surface area contributed by atoms with Gasteiger partial charge in [-0.2, -0.15) is 0 Å². The molecule has 1 heterocycles. The minimum absolute atomic E-state index is 0.154. The number of halogens is 2. The largest absolute Gasteiger partial charge is 0.436 e. The Morgan fingerprint density at radius 3 is 2.69 bits per heavy atom. The van der Waals surface area contributed by atoms with Gasteiger partial charge in [0.05, 0.1) is 11.6 Å². The van der Waals surface area contributed by atoms with Crippen LogP contribution in [0, 0.1) is 5.82 Å². The first kappa shape index (κ1) is 10.9. The summed E-state index contributed by atoms with van der Waals surface area (Å²) in [5.41, 5.74) is 0.690. The third-order valence-electron chi connectivity index (χ3n) is 1.97. The van der Waals surface area contributed by atoms with Crippen LogP contribution in [-0.4, -0.2) is 4.98 Å². The zero-order chi connectivity index (χ0) is 11.4. The van der Waals surface area contributed by atoms with E-state index in [1.54, 1.807) is 36.4 Å². The Hall–Kier alpha value is -1.61. The predicted molar refractivity (Wildman–Crippen MR) is 60.3 cm³/mol. The molecule has 82 valence electrons. The predicted octanol–water partition coefficient (Wildman–Crippen LogP) is 3.75. The monoisotopic (exact) mass is 237 g/mol. The average molecular weight is 238 g/mol. The van der Waals surface area contributed by atoms with Crippen molar-refractivity contribution in [3.05, 3.63) is 54.0 Å². The smallest absolute Gasteiger partial charge is 0.219 e. The second kappa shape index (κ2) is 4.94. The van der Waals surface area contributed by atoms with Crippen molar-refractivity contribution in [2.24, 2.45) is 0 Å². The van der Waals surface area contributed by atoms with E-state index >= 15 is 0 Å². The topological polar surface area (TPSA) is 22.1 Å². The quantitative estimate of drug-likeness (QED) is 0.759. The Labute approximate surface area is 97.7 Å². The number of nitrogens with zero attached hydrogens (tertiary/aromatic N) is 1. The summed E-state index contributed by atoms with van der Waals surface area (Å²) < 4.78 is 18.6. The molecule has 0 aliphatic rings. The number of alkyl halides is 1. The Balaban J connectivity index is 2.24. The van der Waals surface area contributed by atoms with Crippen LogP contribution in [0.25, 0.3) is 0 Å². The van der Waals surface area contributed by atoms with Crippen LogP contribution in [0.1, 0.15) is 5.69 Å². The maximum absolute atomic E-state index is 13.3. The van der Waals surface area contributed by atoms with Gasteiger partial charge >= 0.3 is 0 Å². The van der Waals surface area contributed by atoms with Gasteiger partial charge in [-0.15, -0.1) is 11.6 Å². The van der Waals surface area contributed by atoms with Crippen molar-refractivity contribution in [1.29, 1.82) is 0 Å². The van der Waals surface area contributed by atoms with E-state index in [9.17, 15) is 4.39 Å². The number of hydrogen-bond acceptors (Lipinski definition) is 2. The molecule has 16 heavy (non-hydrogen) atoms. The van der Waals surface area contributed by atoms with Crippen molar-refractivity contribution in [2.45, 2.75) is 5.88 Å². The average Bonchev–Trinajstić information content (AvgIpc) is 2.32. The first-order chi connectivity index (χ1) is 7.79. The Kier molecular flexibility index (Phi) is 3.37. The molecule has 0 N–H and O–H groups in total. The van der Waals surface area contributed by atoms with Crippen molar-refractivity contribution in [3.8, 4) is 11.6 Å². The van der Waals surface area contributed by atoms with E-state index in [1.807, 2.05) is 0 Å². The summed E-state index contributed by atoms with van der Waals surface area (Å²) in [6.07, 6.45) is 0. The van der Waals surface area contributed by atoms with Crippen LogP contribution < -0.4 is 4.74 Å². The molecule has 0 aliphatic carbocycles. The van der Waals surface area contributed by atoms with E-state index in [0.717, 1.165) is 0 Å². The van der Waals surface area contributed by atoms with Gasteiger partial charge in [0.15, 0.2) is 11.6 Å². The van der Waals surface area contributed by atoms with Gasteiger partial charge in [-0.25, -0.2) is 9.37 Å². The molecule has 1 aromatic heterocycles. The summed E-state index contributed by atoms with van der Waals surface area (Å²) in [7, 11) is 0. The normalized spacial score (nSPS) is 10.1. The van der Waals surface area contributed by atoms with Gasteiger partial charge < -0.3 is 4.74 Å². The Bertz CT molecular complexity index is 490. The fourth-order valence-electron chi connectivity index (χ4n) is 1.23. The minimum Gasteiger partial charge on any atom is -0.436 e. The lowest BCUT2D eigenvalue weighted by Gasteiger charge is -2.05. The van der Waals surface area contributed by atoms with Gasteiger partial charge in [0.2, 0.25) is 5.88 Å². The lowest BCUT2D eigenvalue weighted by molar-refractivity contribution is 0.426. The third-order valence-corrected chi connectivity index (χ3v) is 2.24. The lowest BCUT2D eigenvalue weighted by Crippen LogP contribution is -1.92. The Morgan fingerprint density at radius 1 is 1.12 bits per heavy atom. The number of pyridine rings is 1. The number of rotatable bonds is 3. The molecule has 1 aromatic carbocycles. The van der Waals surface area contributed by atoms with E-state index in [0.29, 0.717) is 17.5 Å². The fourth-order valence-corrected chi connectivity index (χ4v) is 1.38. The first-order valence-corrected chi connectivity index (χ1v) is 5.27. The van der Waals surface area contributed by atoms with Crippen LogP contribution >= 0.6 is 11.6 Å². The van der Waals surface area contributed by atoms with Crippen molar-refractivity contribution < 1.29 is 9.13 Å². The molecule has 0 radical (unpaired) electrons. The van der Waals surface area contributed by atoms with Crippen LogP contribution in [0.15, 0.2) is 42.5 Å². The summed E-state index contributed by atoms with van der Waals surface area (Å²) in [6, 6.07) is 11.4. The molecule has 0 spiro atoms. The summed E-state index contributed by atoms with van der Waals surface area (Å²) in [5.74, 6) is 0.375. The van der Waals surface area contributed by atoms with Crippen molar-refractivity contribution in [1.82, 2.24) is 4.98 Å². The molecule has 0 fully saturated rings. The molecular weight excluding hydrogens is 229 g/mol. The van der Waals surface area contributed by atoms with E-state index in [4.69, 9.17) is 16.3 Å². The second-order valence-electron chi connectivity index (χ2n) is 3.13. The number of benzene rings is 1. The van der Waals surface area contributed by atoms with Crippen molar-refractivity contribution >= 4 is 11.6 Å². The maximum Gasteiger partial charge on any atom is 0.219 e. The number of para-hydroxylation sites is 1. The van der Waals surface area contributed by atoms with E-state index in [-0.39, 0.29) is 5.75 Å². The van der Waals surface area contributed by atoms with Crippen LogP contribution in [0.5, 0.6) is 11.6 Å². The van der Waals surface area contributed by atoms with E-state index in [1.165, 1.54) is 6.07 Å². The van der Waals surface area contributed by atoms with Crippen LogP contribution in [0.2, 0.25) is 0 Å². The molecule has 0 aliphatic heterocycles. The summed E-state index contributed by atoms with van der Waals surface area (Å²) in [5, 5.41) is 0. The molecule has 2 nitrogen and oxygen atoms in total. The first-order valence-electron chi connectivity index (χ1n) is 4.74. The van der Waals surface area contributed by atoms with Gasteiger partial charge in [0.25, 0.3) is 0 Å². The molecule has 2 aromatic rings. The highest BCUT2D eigenvalue weighted by atomic mass is 35.5. The summed E-state index contributed by atoms with van der Waals surface area (Å²) in [4.78, 5) is 4.11. The Morgan fingerprint density at radius 2 is 1.94 bits per heavy atom. The maximum atomic E-state index is 13.3. The van der Waals surface area contributed by atoms with Gasteiger partial charge in [0, 0.05) is 6.07 Å². The van der Waals surface area contributed by atoms with Crippen molar-refractivity contribution in [3.63, 3.8) is 0 Å². The summed E-state index contributed by atoms with van der Waals surface area (Å²) in [6.45, 7) is 0. The standard InChI is InChI=1S/C12H9ClFNO/c13-8-9-4-3-7-12(15-9)16-11-6-2-1-5-10(11)14/h1-7H,8H2. The number of hydrogen-bond donors (Lipinski definition) is 0. The molecule has 0 amide bonds. The number of aromatic nitrogens is 1. The molecular formula is C12H9ClFNO. The minimum atomic E-state index is -0.416. The van der Waals surface area contributed by atoms with E-state index < -0.39 is 5.82 Å². The van der Waals surface area contributed by atoms with Crippen LogP contribution in [-0.2, 0) is 5.88 Å². The SMILES string of the molecule is Fc1ccccc1Oc1cccc(CCl)n1. The molecule has 0 unspecified atom stereocenters. The highest BCUT2D eigenvalue weighted by molar-refractivity contribution is 6.16. The highest BCUT2D eigenvalue weighted by Crippen LogP contribution is 2.22. The zero-order valence-electron chi connectivity index (χ0n) is 8.36. The highest BCUT2D eigenvalue weighted by Gasteiger charge is 2.04. The van der Waals surface area contributed by atoms with Gasteiger partial charge in [0.1, 0.15) is 0 Å². The molecule has 0 atom stereocenters. The molecule has 0 saturated heterocycles. The van der Waals surface area contributed by atoms with Crippen molar-refractivity contribution in [2.75, 3.05) is 0 Å². The number of ether oxygens (including phenoxy) is 1. The summed E-state index contributed by atoms with van der Waals surface area (Å²) >= 11 is 5.64. The van der Waals surface area contributed by atoms with Gasteiger partial charge in [-0.3, -0.25) is 0 Å². The lowest BCUT2D eigenvalue weighted by atomic mass is 10.3. The van der Waals surface area contributed by atoms with Crippen LogP contribution in [0.4, 0.5) is 4.39 Å². The zero-order valence-corrected chi connectivity index (χ0v) is 9.12. The van der Waals surface area contributed by atoms with E-state index in [2.05, 4.69) is 4.98 Å². The molecule has 0 bridgehead atoms. The van der Waals surface area contributed by atoms with Gasteiger partial charge in [-0.1, -0.05) is 18.2 Å². The molecule has 2 rings (SSSR count). The molecule has 0 saturated carbocycles. The molecule has 4 heteroatoms. The fraction of sp³-hybridized carbons (Fsp3) is 0.0833. The van der Waals surface area contributed by atoms with Gasteiger partial charge in [-0.05, 0) is 18.2 Å². The second-order valence-corrected chi connectivity index (χ2v) is 3.40.